The molecule has 7 aromatic carbocycles. The molecule has 6 nitrogen and oxygen atoms in total. The summed E-state index contributed by atoms with van der Waals surface area (Å²) in [5, 5.41) is 18.1. The standard InChI is InChI=1S/C42H37N5O.C13H12/c1-5-6-7-8-13-26-46-35-24-22-31-30-14-10-12-17-37(30)48-41(31)39(35)33-23-25-36-38(40(33)46)32-15-9-11-16-34(32)47(36)45(4)27-44(3)42(43)29-20-18-28(2)19-21-29;1-11-7-9-13(10-8-11)12-5-3-2-4-6-12/h5-25,43H,1,26-27H2,2-4H3;2-10H,1H3/b7-6-,13-8-,43-42?;. The minimum Gasteiger partial charge on any atom is -0.455 e. The van der Waals surface area contributed by atoms with Gasteiger partial charge in [-0.2, -0.15) is 0 Å². The second-order valence-corrected chi connectivity index (χ2v) is 15.7. The van der Waals surface area contributed by atoms with Crippen LogP contribution in [0.1, 0.15) is 16.7 Å². The maximum atomic E-state index is 8.92. The molecule has 3 heterocycles. The molecule has 0 bridgehead atoms. The summed E-state index contributed by atoms with van der Waals surface area (Å²) in [7, 11) is 4.07. The number of rotatable bonds is 9. The average molecular weight is 796 g/mol. The zero-order chi connectivity index (χ0) is 42.0. The molecule has 1 N–H and O–H groups in total. The highest BCUT2D eigenvalue weighted by atomic mass is 16.3. The molecule has 10 rings (SSSR count). The van der Waals surface area contributed by atoms with Crippen LogP contribution in [0, 0.1) is 19.3 Å². The number of fused-ring (bicyclic) bond motifs is 11. The first-order valence-corrected chi connectivity index (χ1v) is 20.7. The highest BCUT2D eigenvalue weighted by molar-refractivity contribution is 6.30. The Kier molecular flexibility index (Phi) is 10.6. The Morgan fingerprint density at radius 2 is 1.25 bits per heavy atom. The topological polar surface area (TPSA) is 53.3 Å². The van der Waals surface area contributed by atoms with E-state index in [-0.39, 0.29) is 0 Å². The number of benzene rings is 7. The molecule has 10 aromatic rings. The van der Waals surface area contributed by atoms with Gasteiger partial charge in [0.1, 0.15) is 23.7 Å². The number of allylic oxidation sites excluding steroid dienone is 5. The number of aryl methyl sites for hydroxylation is 2. The maximum Gasteiger partial charge on any atom is 0.145 e. The van der Waals surface area contributed by atoms with Crippen LogP contribution in [0.4, 0.5) is 0 Å². The van der Waals surface area contributed by atoms with Crippen LogP contribution in [-0.2, 0) is 6.54 Å². The van der Waals surface area contributed by atoms with Gasteiger partial charge in [0.2, 0.25) is 0 Å². The molecule has 0 saturated carbocycles. The van der Waals surface area contributed by atoms with Crippen LogP contribution >= 0.6 is 0 Å². The molecule has 0 radical (unpaired) electrons. The van der Waals surface area contributed by atoms with Gasteiger partial charge in [-0.15, -0.1) is 0 Å². The molecule has 0 aliphatic rings. The lowest BCUT2D eigenvalue weighted by molar-refractivity contribution is 0.456. The first kappa shape index (κ1) is 38.9. The Balaban J connectivity index is 0.000000312. The van der Waals surface area contributed by atoms with Gasteiger partial charge in [-0.25, -0.2) is 0 Å². The van der Waals surface area contributed by atoms with Crippen molar-refractivity contribution in [1.29, 1.82) is 5.41 Å². The van der Waals surface area contributed by atoms with Crippen LogP contribution in [0.15, 0.2) is 193 Å². The molecule has 0 spiro atoms. The monoisotopic (exact) mass is 795 g/mol. The first-order chi connectivity index (χ1) is 29.8. The third-order valence-electron chi connectivity index (χ3n) is 11.5. The predicted molar refractivity (Wildman–Crippen MR) is 260 cm³/mol. The van der Waals surface area contributed by atoms with E-state index in [1.165, 1.54) is 43.9 Å². The van der Waals surface area contributed by atoms with E-state index in [9.17, 15) is 0 Å². The van der Waals surface area contributed by atoms with E-state index in [0.29, 0.717) is 19.0 Å². The Labute approximate surface area is 356 Å². The van der Waals surface area contributed by atoms with E-state index in [1.54, 1.807) is 6.08 Å². The van der Waals surface area contributed by atoms with Gasteiger partial charge in [0.25, 0.3) is 0 Å². The van der Waals surface area contributed by atoms with Crippen LogP contribution in [-0.4, -0.2) is 40.7 Å². The van der Waals surface area contributed by atoms with Gasteiger partial charge >= 0.3 is 0 Å². The number of furan rings is 1. The van der Waals surface area contributed by atoms with Crippen LogP contribution in [0.5, 0.6) is 0 Å². The van der Waals surface area contributed by atoms with Crippen LogP contribution in [0.3, 0.4) is 0 Å². The summed E-state index contributed by atoms with van der Waals surface area (Å²) in [6, 6.07) is 53.0. The lowest BCUT2D eigenvalue weighted by Gasteiger charge is -2.30. The third kappa shape index (κ3) is 7.27. The summed E-state index contributed by atoms with van der Waals surface area (Å²) < 4.78 is 11.3. The maximum absolute atomic E-state index is 8.92. The van der Waals surface area contributed by atoms with Gasteiger partial charge in [-0.1, -0.05) is 163 Å². The number of para-hydroxylation sites is 2. The van der Waals surface area contributed by atoms with Crippen LogP contribution in [0.2, 0.25) is 0 Å². The lowest BCUT2D eigenvalue weighted by Crippen LogP contribution is -2.42. The van der Waals surface area contributed by atoms with Crippen molar-refractivity contribution >= 4 is 71.4 Å². The van der Waals surface area contributed by atoms with Crippen molar-refractivity contribution in [2.45, 2.75) is 20.4 Å². The van der Waals surface area contributed by atoms with Gasteiger partial charge in [-0.3, -0.25) is 15.1 Å². The molecule has 0 aliphatic heterocycles. The van der Waals surface area contributed by atoms with Crippen molar-refractivity contribution in [2.75, 3.05) is 25.8 Å². The quantitative estimate of drug-likeness (QED) is 0.0685. The number of hydrogen-bond acceptors (Lipinski definition) is 3. The minimum absolute atomic E-state index is 0.484. The second kappa shape index (κ2) is 16.6. The molecule has 300 valence electrons. The number of nitrogens with zero attached hydrogens (tertiary/aromatic N) is 4. The van der Waals surface area contributed by atoms with E-state index >= 15 is 0 Å². The third-order valence-corrected chi connectivity index (χ3v) is 11.5. The van der Waals surface area contributed by atoms with E-state index < -0.39 is 0 Å². The van der Waals surface area contributed by atoms with Crippen molar-refractivity contribution < 1.29 is 4.42 Å². The fourth-order valence-corrected chi connectivity index (χ4v) is 8.58. The molecule has 0 saturated heterocycles. The summed E-state index contributed by atoms with van der Waals surface area (Å²) in [6.07, 6.45) is 10.0. The molecule has 0 aliphatic carbocycles. The van der Waals surface area contributed by atoms with Crippen LogP contribution in [0.25, 0.3) is 76.7 Å². The van der Waals surface area contributed by atoms with Gasteiger partial charge < -0.3 is 13.9 Å². The first-order valence-electron chi connectivity index (χ1n) is 20.7. The molecule has 61 heavy (non-hydrogen) atoms. The van der Waals surface area contributed by atoms with Crippen molar-refractivity contribution in [1.82, 2.24) is 14.1 Å². The van der Waals surface area contributed by atoms with Gasteiger partial charge in [-0.05, 0) is 61.4 Å². The number of hydrogen-bond donors (Lipinski definition) is 1. The Hall–Kier alpha value is -7.57. The van der Waals surface area contributed by atoms with Crippen molar-refractivity contribution in [3.8, 4) is 11.1 Å². The van der Waals surface area contributed by atoms with Crippen molar-refractivity contribution in [2.24, 2.45) is 0 Å². The summed E-state index contributed by atoms with van der Waals surface area (Å²) in [4.78, 5) is 1.99. The highest BCUT2D eigenvalue weighted by Gasteiger charge is 2.23. The zero-order valence-electron chi connectivity index (χ0n) is 35.1. The Morgan fingerprint density at radius 1 is 0.607 bits per heavy atom. The van der Waals surface area contributed by atoms with Crippen molar-refractivity contribution in [3.63, 3.8) is 0 Å². The Morgan fingerprint density at radius 3 is 2.00 bits per heavy atom. The molecule has 6 heteroatoms. The minimum atomic E-state index is 0.484. The predicted octanol–water partition coefficient (Wildman–Crippen LogP) is 13.6. The average Bonchev–Trinajstić information content (AvgIpc) is 3.95. The van der Waals surface area contributed by atoms with Gasteiger partial charge in [0.05, 0.1) is 27.5 Å². The smallest absolute Gasteiger partial charge is 0.145 e. The molecular formula is C55H49N5O. The number of amidine groups is 1. The largest absolute Gasteiger partial charge is 0.455 e. The fourth-order valence-electron chi connectivity index (χ4n) is 8.58. The summed E-state index contributed by atoms with van der Waals surface area (Å²) >= 11 is 0. The van der Waals surface area contributed by atoms with Crippen LogP contribution < -0.4 is 5.01 Å². The SMILES string of the molecule is C=C/C=C\C=C/Cn1c2ccc3c4ccccc4oc3c2c2ccc3c(c4ccccc4n3N(C)CN(C)C(=N)c3ccc(C)cc3)c21.Cc1ccc(-c2ccccc2)cc1. The van der Waals surface area contributed by atoms with E-state index in [0.717, 1.165) is 49.4 Å². The molecule has 0 amide bonds. The summed E-state index contributed by atoms with van der Waals surface area (Å²) in [5.41, 5.74) is 12.3. The van der Waals surface area contributed by atoms with Crippen molar-refractivity contribution in [3.05, 3.63) is 205 Å². The second-order valence-electron chi connectivity index (χ2n) is 15.7. The summed E-state index contributed by atoms with van der Waals surface area (Å²) in [6.45, 7) is 9.20. The lowest BCUT2D eigenvalue weighted by atomic mass is 10.0. The molecule has 0 fully saturated rings. The Bertz CT molecular complexity index is 3270. The molecular weight excluding hydrogens is 747 g/mol. The van der Waals surface area contributed by atoms with Gasteiger partial charge in [0.15, 0.2) is 0 Å². The van der Waals surface area contributed by atoms with E-state index in [2.05, 4.69) is 175 Å². The van der Waals surface area contributed by atoms with E-state index in [1.807, 2.05) is 54.4 Å². The van der Waals surface area contributed by atoms with E-state index in [4.69, 9.17) is 9.83 Å². The van der Waals surface area contributed by atoms with Gasteiger partial charge in [0, 0.05) is 53.1 Å². The summed E-state index contributed by atoms with van der Waals surface area (Å²) in [5.74, 6) is 0.484. The number of nitrogens with one attached hydrogen (secondary N) is 1. The fraction of sp³-hybridized carbons (Fsp3) is 0.109. The number of aromatic nitrogens is 2. The zero-order valence-corrected chi connectivity index (χ0v) is 35.1. The molecule has 0 atom stereocenters. The molecule has 3 aromatic heterocycles. The molecule has 0 unspecified atom stereocenters. The highest BCUT2D eigenvalue weighted by Crippen LogP contribution is 2.43. The normalized spacial score (nSPS) is 11.7.